The smallest absolute Gasteiger partial charge is 0.379 e. The van der Waals surface area contributed by atoms with Crippen LogP contribution in [0, 0.1) is 0 Å². The Labute approximate surface area is 127 Å². The summed E-state index contributed by atoms with van der Waals surface area (Å²) in [6, 6.07) is 0.933. The maximum atomic E-state index is 6.03. The molecule has 5 nitrogen and oxygen atoms in total. The van der Waals surface area contributed by atoms with E-state index in [2.05, 4.69) is 4.90 Å². The third kappa shape index (κ3) is 5.63. The van der Waals surface area contributed by atoms with Crippen molar-refractivity contribution in [1.82, 2.24) is 4.90 Å². The average molecular weight is 322 g/mol. The van der Waals surface area contributed by atoms with Gasteiger partial charge in [0.1, 0.15) is 0 Å². The van der Waals surface area contributed by atoms with Crippen LogP contribution >= 0.6 is 11.8 Å². The molecule has 2 aliphatic heterocycles. The van der Waals surface area contributed by atoms with Crippen LogP contribution in [0.25, 0.3) is 0 Å². The highest BCUT2D eigenvalue weighted by atomic mass is 32.2. The van der Waals surface area contributed by atoms with Gasteiger partial charge in [0.25, 0.3) is 0 Å². The van der Waals surface area contributed by atoms with Gasteiger partial charge in [-0.1, -0.05) is 0 Å². The molecule has 0 aromatic heterocycles. The number of nitrogens with zero attached hydrogens (tertiary/aromatic N) is 1. The second kappa shape index (κ2) is 9.40. The molecule has 0 aromatic carbocycles. The molecule has 2 heterocycles. The molecule has 2 aliphatic rings. The highest BCUT2D eigenvalue weighted by Crippen LogP contribution is 2.21. The monoisotopic (exact) mass is 321 g/mol. The minimum absolute atomic E-state index is 0.677. The van der Waals surface area contributed by atoms with Crippen molar-refractivity contribution in [2.45, 2.75) is 19.4 Å². The molecule has 2 fully saturated rings. The Balaban J connectivity index is 1.77. The van der Waals surface area contributed by atoms with E-state index in [-0.39, 0.29) is 0 Å². The Morgan fingerprint density at radius 3 is 2.45 bits per heavy atom. The van der Waals surface area contributed by atoms with E-state index in [9.17, 15) is 0 Å². The van der Waals surface area contributed by atoms with Crippen LogP contribution in [0.2, 0.25) is 6.04 Å². The summed E-state index contributed by atoms with van der Waals surface area (Å²) in [6.45, 7) is 9.11. The third-order valence-electron chi connectivity index (χ3n) is 3.52. The van der Waals surface area contributed by atoms with E-state index in [4.69, 9.17) is 18.0 Å². The molecule has 0 amide bonds. The molecule has 0 N–H and O–H groups in total. The summed E-state index contributed by atoms with van der Waals surface area (Å²) in [4.78, 5) is 2.45. The van der Waals surface area contributed by atoms with Crippen molar-refractivity contribution in [3.05, 3.63) is 0 Å². The summed E-state index contributed by atoms with van der Waals surface area (Å²) in [6.07, 6.45) is 1.08. The molecule has 2 rings (SSSR count). The van der Waals surface area contributed by atoms with E-state index in [1.165, 1.54) is 0 Å². The van der Waals surface area contributed by atoms with Gasteiger partial charge in [-0.3, -0.25) is 4.90 Å². The Bertz CT molecular complexity index is 259. The van der Waals surface area contributed by atoms with Gasteiger partial charge in [-0.05, 0) is 19.9 Å². The fourth-order valence-electron chi connectivity index (χ4n) is 2.52. The lowest BCUT2D eigenvalue weighted by molar-refractivity contribution is 0.0357. The Hall–Kier alpha value is 0.367. The van der Waals surface area contributed by atoms with E-state index in [1.807, 2.05) is 18.7 Å². The first-order chi connectivity index (χ1) is 9.85. The van der Waals surface area contributed by atoms with Gasteiger partial charge in [-0.25, -0.2) is 0 Å². The van der Waals surface area contributed by atoms with Crippen LogP contribution in [0.5, 0.6) is 0 Å². The van der Waals surface area contributed by atoms with Gasteiger partial charge in [0, 0.05) is 50.5 Å². The maximum Gasteiger partial charge on any atom is 0.501 e. The molecule has 20 heavy (non-hydrogen) atoms. The van der Waals surface area contributed by atoms with Gasteiger partial charge < -0.3 is 18.0 Å². The standard InChI is InChI=1S/C13H27NO4SSi/c1-2-16-20(17-9-11-19-12-10-18-20)13-3-4-14-5-7-15-8-6-14/h2-13H2,1H3. The van der Waals surface area contributed by atoms with Gasteiger partial charge in [0.2, 0.25) is 0 Å². The topological polar surface area (TPSA) is 40.2 Å². The minimum atomic E-state index is -2.42. The predicted octanol–water partition coefficient (Wildman–Crippen LogP) is 1.46. The molecule has 0 aliphatic carbocycles. The van der Waals surface area contributed by atoms with Crippen LogP contribution in [0.4, 0.5) is 0 Å². The first kappa shape index (κ1) is 16.7. The number of rotatable bonds is 6. The first-order valence-electron chi connectivity index (χ1n) is 7.64. The largest absolute Gasteiger partial charge is 0.501 e. The van der Waals surface area contributed by atoms with Crippen molar-refractivity contribution in [1.29, 1.82) is 0 Å². The zero-order chi connectivity index (χ0) is 14.1. The van der Waals surface area contributed by atoms with Gasteiger partial charge >= 0.3 is 8.80 Å². The Kier molecular flexibility index (Phi) is 7.86. The van der Waals surface area contributed by atoms with Crippen LogP contribution in [0.3, 0.4) is 0 Å². The molecule has 0 saturated carbocycles. The van der Waals surface area contributed by atoms with Gasteiger partial charge in [0.05, 0.1) is 13.2 Å². The van der Waals surface area contributed by atoms with Crippen molar-refractivity contribution in [3.8, 4) is 0 Å². The van der Waals surface area contributed by atoms with E-state index >= 15 is 0 Å². The van der Waals surface area contributed by atoms with E-state index in [1.54, 1.807) is 0 Å². The second-order valence-corrected chi connectivity index (χ2v) is 8.94. The van der Waals surface area contributed by atoms with Crippen molar-refractivity contribution in [2.24, 2.45) is 0 Å². The summed E-state index contributed by atoms with van der Waals surface area (Å²) in [7, 11) is -2.42. The molecule has 0 bridgehead atoms. The van der Waals surface area contributed by atoms with Gasteiger partial charge in [0.15, 0.2) is 0 Å². The SMILES string of the molecule is CCO[Si]1(CCCN2CCOCC2)OCCSCCO1. The van der Waals surface area contributed by atoms with Crippen LogP contribution < -0.4 is 0 Å². The quantitative estimate of drug-likeness (QED) is 0.690. The lowest BCUT2D eigenvalue weighted by Gasteiger charge is -2.32. The Morgan fingerprint density at radius 2 is 1.80 bits per heavy atom. The molecule has 0 atom stereocenters. The molecule has 0 unspecified atom stereocenters. The fourth-order valence-corrected chi connectivity index (χ4v) is 5.96. The highest BCUT2D eigenvalue weighted by Gasteiger charge is 2.41. The predicted molar refractivity (Wildman–Crippen MR) is 83.3 cm³/mol. The zero-order valence-electron chi connectivity index (χ0n) is 12.5. The molecule has 7 heteroatoms. The number of hydrogen-bond acceptors (Lipinski definition) is 6. The molecular formula is C13H27NO4SSi. The fraction of sp³-hybridized carbons (Fsp3) is 1.00. The lowest BCUT2D eigenvalue weighted by Crippen LogP contribution is -2.48. The molecular weight excluding hydrogens is 294 g/mol. The summed E-state index contributed by atoms with van der Waals surface area (Å²) < 4.78 is 23.4. The van der Waals surface area contributed by atoms with Crippen LogP contribution in [-0.2, 0) is 18.0 Å². The number of morpholine rings is 1. The van der Waals surface area contributed by atoms with Crippen molar-refractivity contribution in [3.63, 3.8) is 0 Å². The summed E-state index contributed by atoms with van der Waals surface area (Å²) in [5, 5.41) is 0. The molecule has 0 aromatic rings. The number of ether oxygens (including phenoxy) is 1. The van der Waals surface area contributed by atoms with Crippen molar-refractivity contribution >= 4 is 20.6 Å². The molecule has 0 radical (unpaired) electrons. The van der Waals surface area contributed by atoms with Crippen LogP contribution in [0.1, 0.15) is 13.3 Å². The van der Waals surface area contributed by atoms with Crippen LogP contribution in [-0.4, -0.2) is 77.9 Å². The first-order valence-corrected chi connectivity index (χ1v) is 10.7. The Morgan fingerprint density at radius 1 is 1.10 bits per heavy atom. The van der Waals surface area contributed by atoms with E-state index in [0.717, 1.165) is 70.0 Å². The molecule has 2 saturated heterocycles. The summed E-state index contributed by atoms with van der Waals surface area (Å²) >= 11 is 1.89. The maximum absolute atomic E-state index is 6.03. The zero-order valence-corrected chi connectivity index (χ0v) is 14.3. The third-order valence-corrected chi connectivity index (χ3v) is 7.42. The van der Waals surface area contributed by atoms with Crippen LogP contribution in [0.15, 0.2) is 0 Å². The number of hydrogen-bond donors (Lipinski definition) is 0. The molecule has 0 spiro atoms. The highest BCUT2D eigenvalue weighted by molar-refractivity contribution is 7.99. The second-order valence-electron chi connectivity index (χ2n) is 4.98. The van der Waals surface area contributed by atoms with E-state index < -0.39 is 8.80 Å². The summed E-state index contributed by atoms with van der Waals surface area (Å²) in [5.41, 5.74) is 0. The summed E-state index contributed by atoms with van der Waals surface area (Å²) in [5.74, 6) is 2.10. The number of thioether (sulfide) groups is 1. The van der Waals surface area contributed by atoms with Crippen molar-refractivity contribution < 1.29 is 18.0 Å². The molecule has 118 valence electrons. The normalized spacial score (nSPS) is 25.1. The van der Waals surface area contributed by atoms with Gasteiger partial charge in [-0.2, -0.15) is 11.8 Å². The average Bonchev–Trinajstić information content (AvgIpc) is 2.44. The van der Waals surface area contributed by atoms with Crippen molar-refractivity contribution in [2.75, 3.05) is 64.2 Å². The van der Waals surface area contributed by atoms with Gasteiger partial charge in [-0.15, -0.1) is 0 Å². The minimum Gasteiger partial charge on any atom is -0.379 e. The lowest BCUT2D eigenvalue weighted by atomic mass is 10.3. The van der Waals surface area contributed by atoms with E-state index in [0.29, 0.717) is 6.61 Å².